The van der Waals surface area contributed by atoms with Crippen molar-refractivity contribution in [2.45, 2.75) is 32.1 Å². The topological polar surface area (TPSA) is 89.1 Å². The van der Waals surface area contributed by atoms with Crippen LogP contribution in [-0.4, -0.2) is 46.2 Å². The number of nitrogens with zero attached hydrogens (tertiary/aromatic N) is 2. The highest BCUT2D eigenvalue weighted by atomic mass is 32.1. The van der Waals surface area contributed by atoms with Crippen LogP contribution < -0.4 is 5.32 Å². The van der Waals surface area contributed by atoms with Gasteiger partial charge in [0.25, 0.3) is 5.91 Å². The van der Waals surface area contributed by atoms with Crippen molar-refractivity contribution in [2.75, 3.05) is 13.2 Å². The predicted octanol–water partition coefficient (Wildman–Crippen LogP) is 2.43. The molecule has 0 bridgehead atoms. The number of rotatable bonds is 5. The van der Waals surface area contributed by atoms with Gasteiger partial charge in [0.2, 0.25) is 0 Å². The molecule has 1 amide bonds. The number of aromatic amines is 1. The molecule has 2 N–H and O–H groups in total. The molecule has 1 aliphatic heterocycles. The van der Waals surface area contributed by atoms with Gasteiger partial charge in [0, 0.05) is 12.0 Å². The molecule has 2 atom stereocenters. The van der Waals surface area contributed by atoms with E-state index in [0.717, 1.165) is 17.0 Å². The van der Waals surface area contributed by atoms with Crippen LogP contribution in [0.1, 0.15) is 28.3 Å². The van der Waals surface area contributed by atoms with Crippen LogP contribution in [0.2, 0.25) is 0 Å². The first kappa shape index (κ1) is 17.1. The van der Waals surface area contributed by atoms with Gasteiger partial charge < -0.3 is 19.8 Å². The lowest BCUT2D eigenvalue weighted by molar-refractivity contribution is -0.0742. The summed E-state index contributed by atoms with van der Waals surface area (Å²) in [5, 5.41) is 5.06. The van der Waals surface area contributed by atoms with Gasteiger partial charge >= 0.3 is 0 Å². The van der Waals surface area contributed by atoms with Crippen molar-refractivity contribution in [2.24, 2.45) is 0 Å². The Hall–Kier alpha value is -2.29. The quantitative estimate of drug-likeness (QED) is 0.718. The van der Waals surface area contributed by atoms with Crippen molar-refractivity contribution < 1.29 is 14.3 Å². The molecule has 0 aliphatic carbocycles. The number of hydrogen-bond acceptors (Lipinski definition) is 6. The zero-order valence-electron chi connectivity index (χ0n) is 14.4. The van der Waals surface area contributed by atoms with Crippen molar-refractivity contribution in [3.05, 3.63) is 46.2 Å². The minimum atomic E-state index is -0.200. The number of carbonyl (C=O) groups is 1. The summed E-state index contributed by atoms with van der Waals surface area (Å²) in [6, 6.07) is 5.46. The van der Waals surface area contributed by atoms with Gasteiger partial charge in [-0.05, 0) is 25.5 Å². The summed E-state index contributed by atoms with van der Waals surface area (Å²) in [7, 11) is 0. The Bertz CT molecular complexity index is 893. The molecule has 136 valence electrons. The number of ether oxygens (including phenoxy) is 2. The van der Waals surface area contributed by atoms with E-state index in [2.05, 4.69) is 20.3 Å². The Balaban J connectivity index is 1.47. The molecule has 0 saturated carbocycles. The third kappa shape index (κ3) is 3.62. The standard InChI is InChI=1S/C18H20N4O3S/c1-11-20-15-4-2-3-13(17(15)21-11)18(23)22-14-5-6-24-8-16(14)25-7-12-9-26-10-19-12/h2-4,9-10,14,16H,5-8H2,1H3,(H,20,21)(H,22,23)/t14-,16-/m1/s1. The molecule has 2 aromatic heterocycles. The third-order valence-corrected chi connectivity index (χ3v) is 5.06. The molecule has 1 aliphatic rings. The largest absolute Gasteiger partial charge is 0.379 e. The van der Waals surface area contributed by atoms with Crippen LogP contribution in [0.15, 0.2) is 29.1 Å². The zero-order chi connectivity index (χ0) is 17.9. The second-order valence-corrected chi connectivity index (χ2v) is 7.02. The zero-order valence-corrected chi connectivity index (χ0v) is 15.2. The number of nitrogens with one attached hydrogen (secondary N) is 2. The number of para-hydroxylation sites is 1. The fraction of sp³-hybridized carbons (Fsp3) is 0.389. The number of hydrogen-bond donors (Lipinski definition) is 2. The first-order chi connectivity index (χ1) is 12.7. The molecule has 0 radical (unpaired) electrons. The van der Waals surface area contributed by atoms with Gasteiger partial charge in [-0.15, -0.1) is 11.3 Å². The highest BCUT2D eigenvalue weighted by molar-refractivity contribution is 7.07. The fourth-order valence-electron chi connectivity index (χ4n) is 3.13. The van der Waals surface area contributed by atoms with Crippen LogP contribution in [-0.2, 0) is 16.1 Å². The lowest BCUT2D eigenvalue weighted by Crippen LogP contribution is -2.50. The van der Waals surface area contributed by atoms with E-state index in [1.165, 1.54) is 11.3 Å². The van der Waals surface area contributed by atoms with Crippen LogP contribution in [0.3, 0.4) is 0 Å². The average Bonchev–Trinajstić information content (AvgIpc) is 3.28. The second kappa shape index (κ2) is 7.53. The highest BCUT2D eigenvalue weighted by Gasteiger charge is 2.29. The third-order valence-electron chi connectivity index (χ3n) is 4.43. The fourth-order valence-corrected chi connectivity index (χ4v) is 3.67. The maximum atomic E-state index is 12.8. The predicted molar refractivity (Wildman–Crippen MR) is 98.2 cm³/mol. The van der Waals surface area contributed by atoms with Crippen molar-refractivity contribution in [3.8, 4) is 0 Å². The number of thiazole rings is 1. The smallest absolute Gasteiger partial charge is 0.253 e. The summed E-state index contributed by atoms with van der Waals surface area (Å²) in [6.45, 7) is 3.36. The monoisotopic (exact) mass is 372 g/mol. The van der Waals surface area contributed by atoms with Crippen molar-refractivity contribution in [3.63, 3.8) is 0 Å². The van der Waals surface area contributed by atoms with Gasteiger partial charge in [-0.25, -0.2) is 9.97 Å². The molecular formula is C18H20N4O3S. The average molecular weight is 372 g/mol. The van der Waals surface area contributed by atoms with E-state index in [0.29, 0.717) is 37.3 Å². The van der Waals surface area contributed by atoms with E-state index in [1.807, 2.05) is 24.4 Å². The van der Waals surface area contributed by atoms with Crippen molar-refractivity contribution in [1.82, 2.24) is 20.3 Å². The molecule has 8 heteroatoms. The van der Waals surface area contributed by atoms with Gasteiger partial charge in [-0.3, -0.25) is 4.79 Å². The molecule has 7 nitrogen and oxygen atoms in total. The summed E-state index contributed by atoms with van der Waals surface area (Å²) in [5.74, 6) is 0.645. The normalized spacial score (nSPS) is 20.3. The first-order valence-electron chi connectivity index (χ1n) is 8.53. The van der Waals surface area contributed by atoms with E-state index in [9.17, 15) is 4.79 Å². The van der Waals surface area contributed by atoms with Gasteiger partial charge in [-0.1, -0.05) is 6.07 Å². The number of H-pyrrole nitrogens is 1. The molecule has 26 heavy (non-hydrogen) atoms. The Kier molecular flexibility index (Phi) is 4.96. The van der Waals surface area contributed by atoms with Crippen LogP contribution in [0.4, 0.5) is 0 Å². The second-order valence-electron chi connectivity index (χ2n) is 6.30. The molecular weight excluding hydrogens is 352 g/mol. The number of carbonyl (C=O) groups excluding carboxylic acids is 1. The summed E-state index contributed by atoms with van der Waals surface area (Å²) < 4.78 is 11.5. The van der Waals surface area contributed by atoms with Gasteiger partial charge in [0.15, 0.2) is 0 Å². The molecule has 0 spiro atoms. The lowest BCUT2D eigenvalue weighted by Gasteiger charge is -2.32. The lowest BCUT2D eigenvalue weighted by atomic mass is 10.0. The summed E-state index contributed by atoms with van der Waals surface area (Å²) >= 11 is 1.54. The van der Waals surface area contributed by atoms with E-state index in [-0.39, 0.29) is 18.1 Å². The molecule has 0 unspecified atom stereocenters. The Labute approximate surface area is 154 Å². The van der Waals surface area contributed by atoms with Crippen LogP contribution >= 0.6 is 11.3 Å². The number of benzene rings is 1. The van der Waals surface area contributed by atoms with Gasteiger partial charge in [-0.2, -0.15) is 0 Å². The van der Waals surface area contributed by atoms with Crippen molar-refractivity contribution in [1.29, 1.82) is 0 Å². The summed E-state index contributed by atoms with van der Waals surface area (Å²) in [6.07, 6.45) is 0.512. The van der Waals surface area contributed by atoms with E-state index in [4.69, 9.17) is 9.47 Å². The molecule has 1 aromatic carbocycles. The van der Waals surface area contributed by atoms with Crippen LogP contribution in [0.5, 0.6) is 0 Å². The van der Waals surface area contributed by atoms with Gasteiger partial charge in [0.1, 0.15) is 17.4 Å². The number of fused-ring (bicyclic) bond motifs is 1. The Morgan fingerprint density at radius 1 is 1.50 bits per heavy atom. The first-order valence-corrected chi connectivity index (χ1v) is 9.47. The Morgan fingerprint density at radius 3 is 3.27 bits per heavy atom. The summed E-state index contributed by atoms with van der Waals surface area (Å²) in [5.41, 5.74) is 4.79. The number of amides is 1. The van der Waals surface area contributed by atoms with E-state index >= 15 is 0 Å². The van der Waals surface area contributed by atoms with Crippen LogP contribution in [0.25, 0.3) is 11.0 Å². The minimum Gasteiger partial charge on any atom is -0.379 e. The maximum Gasteiger partial charge on any atom is 0.253 e. The molecule has 3 aromatic rings. The van der Waals surface area contributed by atoms with Gasteiger partial charge in [0.05, 0.1) is 41.5 Å². The SMILES string of the molecule is Cc1nc2c(C(=O)N[C@@H]3CCOC[C@H]3OCc3cscn3)cccc2[nH]1. The van der Waals surface area contributed by atoms with E-state index < -0.39 is 0 Å². The Morgan fingerprint density at radius 2 is 2.42 bits per heavy atom. The molecule has 3 heterocycles. The number of aryl methyl sites for hydroxylation is 1. The van der Waals surface area contributed by atoms with Crippen molar-refractivity contribution >= 4 is 28.3 Å². The minimum absolute atomic E-state index is 0.106. The summed E-state index contributed by atoms with van der Waals surface area (Å²) in [4.78, 5) is 24.7. The molecule has 4 rings (SSSR count). The molecule has 1 fully saturated rings. The maximum absolute atomic E-state index is 12.8. The van der Waals surface area contributed by atoms with Crippen LogP contribution in [0, 0.1) is 6.92 Å². The molecule has 1 saturated heterocycles. The highest BCUT2D eigenvalue weighted by Crippen LogP contribution is 2.19. The number of aromatic nitrogens is 3. The number of imidazole rings is 1. The van der Waals surface area contributed by atoms with E-state index in [1.54, 1.807) is 11.6 Å².